The van der Waals surface area contributed by atoms with E-state index in [1.807, 2.05) is 6.07 Å². The topological polar surface area (TPSA) is 68.5 Å². The standard InChI is InChI=1S/C13H11NO4/c14-7-10-2-1-3-11(6-10)8-18-13(15)12-9-16-4-5-17-12/h1-3,6,9H,4-5,8H2. The minimum Gasteiger partial charge on any atom is -0.493 e. The second-order valence-corrected chi connectivity index (χ2v) is 3.59. The van der Waals surface area contributed by atoms with Crippen LogP contribution < -0.4 is 0 Å². The first-order chi connectivity index (χ1) is 8.79. The number of hydrogen-bond acceptors (Lipinski definition) is 5. The summed E-state index contributed by atoms with van der Waals surface area (Å²) in [5.41, 5.74) is 1.28. The molecule has 1 heterocycles. The molecule has 18 heavy (non-hydrogen) atoms. The van der Waals surface area contributed by atoms with Gasteiger partial charge in [0.2, 0.25) is 5.76 Å². The van der Waals surface area contributed by atoms with Crippen molar-refractivity contribution in [1.82, 2.24) is 0 Å². The maximum Gasteiger partial charge on any atom is 0.377 e. The van der Waals surface area contributed by atoms with E-state index in [0.717, 1.165) is 5.56 Å². The Labute approximate surface area is 104 Å². The molecule has 5 nitrogen and oxygen atoms in total. The lowest BCUT2D eigenvalue weighted by Crippen LogP contribution is -2.17. The highest BCUT2D eigenvalue weighted by molar-refractivity contribution is 5.86. The highest BCUT2D eigenvalue weighted by Gasteiger charge is 2.16. The Morgan fingerprint density at radius 1 is 1.44 bits per heavy atom. The Bertz CT molecular complexity index is 516. The first-order valence-corrected chi connectivity index (χ1v) is 5.40. The number of benzene rings is 1. The van der Waals surface area contributed by atoms with Gasteiger partial charge in [-0.2, -0.15) is 5.26 Å². The van der Waals surface area contributed by atoms with Crippen LogP contribution in [0, 0.1) is 11.3 Å². The molecule has 5 heteroatoms. The second kappa shape index (κ2) is 5.73. The average molecular weight is 245 g/mol. The van der Waals surface area contributed by atoms with Crippen molar-refractivity contribution in [2.75, 3.05) is 13.2 Å². The van der Waals surface area contributed by atoms with Gasteiger partial charge in [0.1, 0.15) is 26.1 Å². The molecule has 0 atom stereocenters. The lowest BCUT2D eigenvalue weighted by molar-refractivity contribution is -0.145. The predicted molar refractivity (Wildman–Crippen MR) is 60.9 cm³/mol. The van der Waals surface area contributed by atoms with Crippen molar-refractivity contribution in [2.45, 2.75) is 6.61 Å². The first kappa shape index (κ1) is 12.0. The van der Waals surface area contributed by atoms with Crippen LogP contribution in [0.15, 0.2) is 36.3 Å². The van der Waals surface area contributed by atoms with Crippen LogP contribution in [-0.2, 0) is 25.6 Å². The third kappa shape index (κ3) is 3.01. The van der Waals surface area contributed by atoms with Gasteiger partial charge in [0, 0.05) is 0 Å². The van der Waals surface area contributed by atoms with Crippen molar-refractivity contribution >= 4 is 5.97 Å². The van der Waals surface area contributed by atoms with E-state index >= 15 is 0 Å². The summed E-state index contributed by atoms with van der Waals surface area (Å²) in [6.45, 7) is 0.862. The summed E-state index contributed by atoms with van der Waals surface area (Å²) in [7, 11) is 0. The molecule has 0 saturated carbocycles. The van der Waals surface area contributed by atoms with Crippen molar-refractivity contribution in [3.63, 3.8) is 0 Å². The largest absolute Gasteiger partial charge is 0.493 e. The summed E-state index contributed by atoms with van der Waals surface area (Å²) in [6.07, 6.45) is 1.25. The van der Waals surface area contributed by atoms with Gasteiger partial charge in [-0.3, -0.25) is 0 Å². The SMILES string of the molecule is N#Cc1cccc(COC(=O)C2=COCCO2)c1. The second-order valence-electron chi connectivity index (χ2n) is 3.59. The van der Waals surface area contributed by atoms with Crippen LogP contribution in [0.4, 0.5) is 0 Å². The fourth-order valence-electron chi connectivity index (χ4n) is 1.43. The molecule has 1 aliphatic rings. The minimum atomic E-state index is -0.572. The molecular formula is C13H11NO4. The van der Waals surface area contributed by atoms with Crippen molar-refractivity contribution in [3.8, 4) is 6.07 Å². The first-order valence-electron chi connectivity index (χ1n) is 5.40. The number of carbonyl (C=O) groups excluding carboxylic acids is 1. The zero-order valence-corrected chi connectivity index (χ0v) is 9.59. The molecule has 1 aliphatic heterocycles. The molecule has 0 saturated heterocycles. The predicted octanol–water partition coefficient (Wildman–Crippen LogP) is 1.49. The van der Waals surface area contributed by atoms with Crippen molar-refractivity contribution in [1.29, 1.82) is 5.26 Å². The number of rotatable bonds is 3. The number of ether oxygens (including phenoxy) is 3. The lowest BCUT2D eigenvalue weighted by Gasteiger charge is -2.14. The van der Waals surface area contributed by atoms with E-state index in [2.05, 4.69) is 0 Å². The van der Waals surface area contributed by atoms with E-state index in [4.69, 9.17) is 19.5 Å². The van der Waals surface area contributed by atoms with Crippen LogP contribution in [0.2, 0.25) is 0 Å². The van der Waals surface area contributed by atoms with E-state index in [0.29, 0.717) is 18.8 Å². The summed E-state index contributed by atoms with van der Waals surface area (Å²) >= 11 is 0. The molecule has 0 amide bonds. The Morgan fingerprint density at radius 3 is 3.06 bits per heavy atom. The van der Waals surface area contributed by atoms with Crippen molar-refractivity contribution in [3.05, 3.63) is 47.4 Å². The quantitative estimate of drug-likeness (QED) is 0.754. The molecule has 92 valence electrons. The molecule has 0 aliphatic carbocycles. The van der Waals surface area contributed by atoms with Crippen LogP contribution >= 0.6 is 0 Å². The van der Waals surface area contributed by atoms with E-state index in [-0.39, 0.29) is 12.4 Å². The molecule has 2 rings (SSSR count). The van der Waals surface area contributed by atoms with E-state index in [1.165, 1.54) is 6.26 Å². The smallest absolute Gasteiger partial charge is 0.377 e. The van der Waals surface area contributed by atoms with Crippen molar-refractivity contribution < 1.29 is 19.0 Å². The molecular weight excluding hydrogens is 234 g/mol. The fraction of sp³-hybridized carbons (Fsp3) is 0.231. The van der Waals surface area contributed by atoms with E-state index in [9.17, 15) is 4.79 Å². The zero-order chi connectivity index (χ0) is 12.8. The number of carbonyl (C=O) groups is 1. The molecule has 0 fully saturated rings. The third-order valence-electron chi connectivity index (χ3n) is 2.28. The minimum absolute atomic E-state index is 0.0673. The number of hydrogen-bond donors (Lipinski definition) is 0. The van der Waals surface area contributed by atoms with Gasteiger partial charge in [-0.25, -0.2) is 4.79 Å². The molecule has 0 bridgehead atoms. The Hall–Kier alpha value is -2.48. The fourth-order valence-corrected chi connectivity index (χ4v) is 1.43. The number of nitriles is 1. The van der Waals surface area contributed by atoms with Gasteiger partial charge in [0.05, 0.1) is 11.6 Å². The Balaban J connectivity index is 1.93. The highest BCUT2D eigenvalue weighted by Crippen LogP contribution is 2.10. The van der Waals surface area contributed by atoms with E-state index < -0.39 is 5.97 Å². The number of nitrogens with zero attached hydrogens (tertiary/aromatic N) is 1. The van der Waals surface area contributed by atoms with Gasteiger partial charge in [-0.1, -0.05) is 12.1 Å². The molecule has 1 aromatic carbocycles. The van der Waals surface area contributed by atoms with Gasteiger partial charge in [-0.15, -0.1) is 0 Å². The maximum atomic E-state index is 11.6. The summed E-state index contributed by atoms with van der Waals surface area (Å²) < 4.78 is 15.1. The van der Waals surface area contributed by atoms with Crippen LogP contribution in [0.3, 0.4) is 0 Å². The zero-order valence-electron chi connectivity index (χ0n) is 9.59. The van der Waals surface area contributed by atoms with Gasteiger partial charge < -0.3 is 14.2 Å². The maximum absolute atomic E-state index is 11.6. The lowest BCUT2D eigenvalue weighted by atomic mass is 10.1. The molecule has 0 unspecified atom stereocenters. The van der Waals surface area contributed by atoms with Crippen LogP contribution in [0.25, 0.3) is 0 Å². The normalized spacial score (nSPS) is 13.6. The van der Waals surface area contributed by atoms with Crippen LogP contribution in [0.1, 0.15) is 11.1 Å². The van der Waals surface area contributed by atoms with Crippen LogP contribution in [0.5, 0.6) is 0 Å². The molecule has 0 aromatic heterocycles. The van der Waals surface area contributed by atoms with Gasteiger partial charge >= 0.3 is 5.97 Å². The average Bonchev–Trinajstić information content (AvgIpc) is 2.46. The van der Waals surface area contributed by atoms with Crippen LogP contribution in [-0.4, -0.2) is 19.2 Å². The molecule has 0 radical (unpaired) electrons. The van der Waals surface area contributed by atoms with Gasteiger partial charge in [0.15, 0.2) is 0 Å². The van der Waals surface area contributed by atoms with Gasteiger partial charge in [0.25, 0.3) is 0 Å². The summed E-state index contributed by atoms with van der Waals surface area (Å²) in [4.78, 5) is 11.6. The van der Waals surface area contributed by atoms with Gasteiger partial charge in [-0.05, 0) is 17.7 Å². The molecule has 0 spiro atoms. The summed E-state index contributed by atoms with van der Waals surface area (Å²) in [5.74, 6) is -0.505. The Morgan fingerprint density at radius 2 is 2.33 bits per heavy atom. The van der Waals surface area contributed by atoms with E-state index in [1.54, 1.807) is 24.3 Å². The molecule has 0 N–H and O–H groups in total. The summed E-state index contributed by atoms with van der Waals surface area (Å²) in [6, 6.07) is 8.89. The monoisotopic (exact) mass is 245 g/mol. The summed E-state index contributed by atoms with van der Waals surface area (Å²) in [5, 5.41) is 8.74. The molecule has 1 aromatic rings. The Kier molecular flexibility index (Phi) is 3.82. The highest BCUT2D eigenvalue weighted by atomic mass is 16.6. The number of esters is 1. The van der Waals surface area contributed by atoms with Crippen molar-refractivity contribution in [2.24, 2.45) is 0 Å². The third-order valence-corrected chi connectivity index (χ3v) is 2.28.